The highest BCUT2D eigenvalue weighted by atomic mass is 32.1. The number of likely N-dealkylation sites (tertiary alicyclic amines) is 1. The van der Waals surface area contributed by atoms with Crippen molar-refractivity contribution in [3.63, 3.8) is 0 Å². The first-order valence-electron chi connectivity index (χ1n) is 9.16. The van der Waals surface area contributed by atoms with E-state index in [1.807, 2.05) is 18.3 Å². The van der Waals surface area contributed by atoms with Crippen LogP contribution >= 0.6 is 11.3 Å². The summed E-state index contributed by atoms with van der Waals surface area (Å²) in [7, 11) is 0. The molecular formula is C18H24N4OS. The van der Waals surface area contributed by atoms with Crippen LogP contribution < -0.4 is 4.90 Å². The van der Waals surface area contributed by atoms with Gasteiger partial charge in [-0.2, -0.15) is 0 Å². The zero-order valence-electron chi connectivity index (χ0n) is 14.2. The molecule has 2 atom stereocenters. The third-order valence-electron chi connectivity index (χ3n) is 5.83. The molecule has 0 aromatic carbocycles. The minimum Gasteiger partial charge on any atom is -0.390 e. The van der Waals surface area contributed by atoms with E-state index in [1.54, 1.807) is 0 Å². The summed E-state index contributed by atoms with van der Waals surface area (Å²) in [6.07, 6.45) is 5.84. The van der Waals surface area contributed by atoms with Crippen LogP contribution in [-0.4, -0.2) is 58.3 Å². The topological polar surface area (TPSA) is 52.5 Å². The van der Waals surface area contributed by atoms with Crippen molar-refractivity contribution < 1.29 is 5.11 Å². The molecule has 2 aromatic rings. The summed E-state index contributed by atoms with van der Waals surface area (Å²) in [6, 6.07) is 0.254. The van der Waals surface area contributed by atoms with Crippen LogP contribution in [0.2, 0.25) is 0 Å². The molecule has 4 heterocycles. The normalized spacial score (nSPS) is 27.5. The van der Waals surface area contributed by atoms with Gasteiger partial charge < -0.3 is 10.0 Å². The van der Waals surface area contributed by atoms with E-state index < -0.39 is 0 Å². The second-order valence-corrected chi connectivity index (χ2v) is 8.50. The zero-order chi connectivity index (χ0) is 16.3. The molecule has 2 fully saturated rings. The molecule has 2 saturated heterocycles. The predicted octanol–water partition coefficient (Wildman–Crippen LogP) is 2.13. The highest BCUT2D eigenvalue weighted by Gasteiger charge is 2.38. The summed E-state index contributed by atoms with van der Waals surface area (Å²) in [6.45, 7) is 5.82. The van der Waals surface area contributed by atoms with E-state index in [9.17, 15) is 5.11 Å². The fourth-order valence-corrected chi connectivity index (χ4v) is 5.99. The van der Waals surface area contributed by atoms with Gasteiger partial charge >= 0.3 is 0 Å². The molecule has 3 aliphatic rings. The summed E-state index contributed by atoms with van der Waals surface area (Å²) >= 11 is 1.85. The van der Waals surface area contributed by atoms with E-state index in [1.165, 1.54) is 41.5 Å². The van der Waals surface area contributed by atoms with Crippen LogP contribution in [0.4, 0.5) is 5.82 Å². The first-order chi connectivity index (χ1) is 11.7. The third kappa shape index (κ3) is 2.27. The fraction of sp³-hybridized carbons (Fsp3) is 0.667. The molecule has 128 valence electrons. The number of rotatable bonds is 2. The molecule has 0 saturated carbocycles. The third-order valence-corrected chi connectivity index (χ3v) is 7.01. The highest BCUT2D eigenvalue weighted by Crippen LogP contribution is 2.41. The number of hydrogen-bond donors (Lipinski definition) is 1. The maximum absolute atomic E-state index is 10.6. The van der Waals surface area contributed by atoms with Crippen molar-refractivity contribution in [3.8, 4) is 0 Å². The largest absolute Gasteiger partial charge is 0.390 e. The molecule has 0 radical (unpaired) electrons. The molecule has 0 spiro atoms. The number of fused-ring (bicyclic) bond motifs is 3. The van der Waals surface area contributed by atoms with Gasteiger partial charge in [0.05, 0.1) is 17.5 Å². The molecule has 6 heteroatoms. The molecule has 0 unspecified atom stereocenters. The molecule has 2 aromatic heterocycles. The lowest BCUT2D eigenvalue weighted by Gasteiger charge is -2.25. The number of β-amino-alcohol motifs (C(OH)–C–C–N with tert-alkyl or cyclic N) is 1. The summed E-state index contributed by atoms with van der Waals surface area (Å²) in [4.78, 5) is 16.9. The molecule has 1 aliphatic carbocycles. The molecule has 5 nitrogen and oxygen atoms in total. The predicted molar refractivity (Wildman–Crippen MR) is 97.0 cm³/mol. The fourth-order valence-electron chi connectivity index (χ4n) is 4.68. The number of nitrogens with zero attached hydrogens (tertiary/aromatic N) is 4. The van der Waals surface area contributed by atoms with Gasteiger partial charge in [0.15, 0.2) is 0 Å². The van der Waals surface area contributed by atoms with Crippen LogP contribution in [0.5, 0.6) is 0 Å². The van der Waals surface area contributed by atoms with Crippen molar-refractivity contribution in [1.29, 1.82) is 0 Å². The first-order valence-corrected chi connectivity index (χ1v) is 9.98. The summed E-state index contributed by atoms with van der Waals surface area (Å²) in [5.41, 5.74) is 1.48. The quantitative estimate of drug-likeness (QED) is 0.904. The number of aliphatic hydroxyl groups excluding tert-OH is 1. The van der Waals surface area contributed by atoms with Gasteiger partial charge in [-0.3, -0.25) is 4.90 Å². The van der Waals surface area contributed by atoms with Gasteiger partial charge in [-0.1, -0.05) is 0 Å². The maximum atomic E-state index is 10.6. The zero-order valence-corrected chi connectivity index (χ0v) is 15.0. The standard InChI is InChI=1S/C18H24N4OS/c1-11-19-17(16-12-5-4-6-15(12)24-18(16)20-11)22-9-13(14(23)10-22)21-7-2-3-8-21/h13-14,23H,2-10H2,1H3/t13-,14+/m0/s1. The summed E-state index contributed by atoms with van der Waals surface area (Å²) < 4.78 is 0. The minimum atomic E-state index is -0.278. The van der Waals surface area contributed by atoms with Gasteiger partial charge in [0.25, 0.3) is 0 Å². The van der Waals surface area contributed by atoms with E-state index >= 15 is 0 Å². The van der Waals surface area contributed by atoms with E-state index in [4.69, 9.17) is 9.97 Å². The number of thiophene rings is 1. The Morgan fingerprint density at radius 2 is 1.92 bits per heavy atom. The van der Waals surface area contributed by atoms with Gasteiger partial charge in [0.2, 0.25) is 0 Å². The molecule has 1 N–H and O–H groups in total. The van der Waals surface area contributed by atoms with E-state index in [0.29, 0.717) is 6.54 Å². The van der Waals surface area contributed by atoms with Crippen molar-refractivity contribution in [1.82, 2.24) is 14.9 Å². The monoisotopic (exact) mass is 344 g/mol. The van der Waals surface area contributed by atoms with Crippen LogP contribution in [0.25, 0.3) is 10.2 Å². The van der Waals surface area contributed by atoms with Crippen molar-refractivity contribution >= 4 is 27.4 Å². The van der Waals surface area contributed by atoms with Crippen LogP contribution in [-0.2, 0) is 12.8 Å². The summed E-state index contributed by atoms with van der Waals surface area (Å²) in [5, 5.41) is 11.9. The van der Waals surface area contributed by atoms with Crippen LogP contribution in [0, 0.1) is 6.92 Å². The Balaban J connectivity index is 1.54. The van der Waals surface area contributed by atoms with Crippen LogP contribution in [0.15, 0.2) is 0 Å². The maximum Gasteiger partial charge on any atom is 0.141 e. The van der Waals surface area contributed by atoms with E-state index in [2.05, 4.69) is 9.80 Å². The van der Waals surface area contributed by atoms with Gasteiger partial charge in [0.1, 0.15) is 16.5 Å². The van der Waals surface area contributed by atoms with E-state index in [-0.39, 0.29) is 12.1 Å². The van der Waals surface area contributed by atoms with Gasteiger partial charge in [0, 0.05) is 18.0 Å². The minimum absolute atomic E-state index is 0.254. The highest BCUT2D eigenvalue weighted by molar-refractivity contribution is 7.19. The van der Waals surface area contributed by atoms with Crippen molar-refractivity contribution in [2.45, 2.75) is 51.2 Å². The number of aryl methyl sites for hydroxylation is 3. The molecule has 5 rings (SSSR count). The molecular weight excluding hydrogens is 320 g/mol. The number of aromatic nitrogens is 2. The van der Waals surface area contributed by atoms with Gasteiger partial charge in [-0.25, -0.2) is 9.97 Å². The second-order valence-electron chi connectivity index (χ2n) is 7.41. The number of anilines is 1. The smallest absolute Gasteiger partial charge is 0.141 e. The Bertz CT molecular complexity index is 783. The molecule has 24 heavy (non-hydrogen) atoms. The Morgan fingerprint density at radius 1 is 1.08 bits per heavy atom. The van der Waals surface area contributed by atoms with Crippen molar-refractivity contribution in [2.75, 3.05) is 31.1 Å². The van der Waals surface area contributed by atoms with Crippen molar-refractivity contribution in [2.24, 2.45) is 0 Å². The summed E-state index contributed by atoms with van der Waals surface area (Å²) in [5.74, 6) is 1.91. The Labute approximate surface area is 146 Å². The van der Waals surface area contributed by atoms with Gasteiger partial charge in [-0.05, 0) is 57.7 Å². The average molecular weight is 344 g/mol. The first kappa shape index (κ1) is 15.0. The number of aliphatic hydroxyl groups is 1. The Kier molecular flexibility index (Phi) is 3.54. The van der Waals surface area contributed by atoms with Crippen molar-refractivity contribution in [3.05, 3.63) is 16.3 Å². The van der Waals surface area contributed by atoms with Gasteiger partial charge in [-0.15, -0.1) is 11.3 Å². The average Bonchev–Trinajstić information content (AvgIpc) is 3.28. The SMILES string of the molecule is Cc1nc(N2C[C@@H](O)[C@@H](N3CCCC3)C2)c2c3c(sc2n1)CCC3. The Morgan fingerprint density at radius 3 is 2.75 bits per heavy atom. The molecule has 0 bridgehead atoms. The van der Waals surface area contributed by atoms with E-state index in [0.717, 1.165) is 42.5 Å². The molecule has 0 amide bonds. The molecule has 2 aliphatic heterocycles. The lowest BCUT2D eigenvalue weighted by Crippen LogP contribution is -2.41. The van der Waals surface area contributed by atoms with Crippen LogP contribution in [0.3, 0.4) is 0 Å². The van der Waals surface area contributed by atoms with Crippen LogP contribution in [0.1, 0.15) is 35.5 Å². The lowest BCUT2D eigenvalue weighted by atomic mass is 10.2. The lowest BCUT2D eigenvalue weighted by molar-refractivity contribution is 0.0986. The second kappa shape index (κ2) is 5.64. The number of hydrogen-bond acceptors (Lipinski definition) is 6. The Hall–Kier alpha value is -1.24.